The molecule has 0 atom stereocenters. The lowest BCUT2D eigenvalue weighted by Crippen LogP contribution is -2.26. The number of halogens is 6. The van der Waals surface area contributed by atoms with Gasteiger partial charge in [-0.1, -0.05) is 17.7 Å². The second-order valence-electron chi connectivity index (χ2n) is 8.21. The predicted octanol–water partition coefficient (Wildman–Crippen LogP) is 6.12. The molecule has 0 spiro atoms. The van der Waals surface area contributed by atoms with E-state index in [0.29, 0.717) is 5.75 Å². The Bertz CT molecular complexity index is 1550. The van der Waals surface area contributed by atoms with Crippen LogP contribution in [0.15, 0.2) is 67.0 Å². The number of hydrogen-bond acceptors (Lipinski definition) is 6. The number of nitrogens with zero attached hydrogens (tertiary/aromatic N) is 4. The third kappa shape index (κ3) is 5.30. The van der Waals surface area contributed by atoms with Crippen LogP contribution in [0.1, 0.15) is 21.7 Å². The lowest BCUT2D eigenvalue weighted by Gasteiger charge is -2.18. The lowest BCUT2D eigenvalue weighted by atomic mass is 10.1. The van der Waals surface area contributed by atoms with Gasteiger partial charge in [-0.2, -0.15) is 18.3 Å². The quantitative estimate of drug-likeness (QED) is 0.262. The molecular weight excluding hydrogens is 551 g/mol. The van der Waals surface area contributed by atoms with E-state index in [0.717, 1.165) is 9.58 Å². The Hall–Kier alpha value is -4.39. The highest BCUT2D eigenvalue weighted by Crippen LogP contribution is 2.43. The highest BCUT2D eigenvalue weighted by molar-refractivity contribution is 6.32. The number of rotatable bonds is 6. The van der Waals surface area contributed by atoms with Gasteiger partial charge in [-0.25, -0.2) is 4.68 Å². The summed E-state index contributed by atoms with van der Waals surface area (Å²) in [5.41, 5.74) is -1.06. The first kappa shape index (κ1) is 26.2. The first-order valence-electron chi connectivity index (χ1n) is 11.1. The van der Waals surface area contributed by atoms with Gasteiger partial charge in [0.25, 0.3) is 5.91 Å². The fourth-order valence-corrected chi connectivity index (χ4v) is 4.04. The molecule has 0 radical (unpaired) electrons. The first-order valence-corrected chi connectivity index (χ1v) is 11.5. The van der Waals surface area contributed by atoms with Crippen LogP contribution in [-0.4, -0.2) is 34.0 Å². The van der Waals surface area contributed by atoms with Crippen molar-refractivity contribution >= 4 is 23.2 Å². The fourth-order valence-electron chi connectivity index (χ4n) is 3.77. The van der Waals surface area contributed by atoms with E-state index in [9.17, 15) is 26.7 Å². The Balaban J connectivity index is 1.46. The lowest BCUT2D eigenvalue weighted by molar-refractivity contribution is -0.286. The molecule has 0 aliphatic carbocycles. The predicted molar refractivity (Wildman–Crippen MR) is 128 cm³/mol. The molecule has 3 heterocycles. The Kier molecular flexibility index (Phi) is 6.54. The van der Waals surface area contributed by atoms with Crippen LogP contribution in [-0.2, 0) is 12.8 Å². The van der Waals surface area contributed by atoms with Crippen molar-refractivity contribution in [3.63, 3.8) is 0 Å². The minimum atomic E-state index is -4.85. The number of benzene rings is 2. The molecule has 1 aliphatic rings. The fraction of sp³-hybridized carbons (Fsp3) is 0.160. The molecular formula is C25H16ClF5N4O4. The highest BCUT2D eigenvalue weighted by Gasteiger charge is 2.43. The molecule has 0 unspecified atom stereocenters. The van der Waals surface area contributed by atoms with E-state index >= 15 is 0 Å². The highest BCUT2D eigenvalue weighted by atomic mass is 35.5. The largest absolute Gasteiger partial charge is 0.586 e. The second kappa shape index (κ2) is 9.73. The normalized spacial score (nSPS) is 13.8. The number of anilines is 1. The van der Waals surface area contributed by atoms with Crippen molar-refractivity contribution in [1.29, 1.82) is 0 Å². The molecule has 0 fully saturated rings. The number of carbonyl (C=O) groups excluding carboxylic acids is 1. The number of carbonyl (C=O) groups is 1. The molecule has 0 N–H and O–H groups in total. The number of aromatic nitrogens is 3. The minimum Gasteiger partial charge on any atom is -0.486 e. The van der Waals surface area contributed by atoms with E-state index in [2.05, 4.69) is 19.6 Å². The summed E-state index contributed by atoms with van der Waals surface area (Å²) in [7, 11) is 1.39. The molecule has 2 aromatic carbocycles. The Morgan fingerprint density at radius 3 is 2.59 bits per heavy atom. The summed E-state index contributed by atoms with van der Waals surface area (Å²) in [5.74, 6) is -0.745. The van der Waals surface area contributed by atoms with Crippen molar-refractivity contribution in [2.45, 2.75) is 19.1 Å². The van der Waals surface area contributed by atoms with Gasteiger partial charge < -0.3 is 19.1 Å². The van der Waals surface area contributed by atoms with Crippen LogP contribution in [0.3, 0.4) is 0 Å². The maximum absolute atomic E-state index is 13.6. The monoisotopic (exact) mass is 566 g/mol. The zero-order chi connectivity index (χ0) is 27.9. The summed E-state index contributed by atoms with van der Waals surface area (Å²) in [6.45, 7) is -0.381. The van der Waals surface area contributed by atoms with Crippen molar-refractivity contribution < 1.29 is 41.0 Å². The topological polar surface area (TPSA) is 78.7 Å². The molecule has 0 saturated heterocycles. The number of pyridine rings is 1. The molecule has 1 amide bonds. The number of fused-ring (bicyclic) bond motifs is 1. The Morgan fingerprint density at radius 1 is 1.10 bits per heavy atom. The van der Waals surface area contributed by atoms with Crippen molar-refractivity contribution in [2.75, 3.05) is 11.9 Å². The molecule has 5 rings (SSSR count). The zero-order valence-electron chi connectivity index (χ0n) is 19.7. The summed E-state index contributed by atoms with van der Waals surface area (Å²) >= 11 is 6.08. The SMILES string of the molecule is CN(C(=O)c1cccc(-n2nc(C(F)(F)F)c(Cl)c2COc2cccnc2)c1)c1ccc2c(c1)OC(F)(F)O2. The first-order chi connectivity index (χ1) is 18.4. The molecule has 39 heavy (non-hydrogen) atoms. The smallest absolute Gasteiger partial charge is 0.486 e. The summed E-state index contributed by atoms with van der Waals surface area (Å²) < 4.78 is 82.9. The maximum Gasteiger partial charge on any atom is 0.586 e. The van der Waals surface area contributed by atoms with E-state index in [1.807, 2.05) is 0 Å². The van der Waals surface area contributed by atoms with Gasteiger partial charge in [0.1, 0.15) is 18.1 Å². The standard InChI is InChI=1S/C25H16ClF5N4O4/c1-34(15-7-8-19-20(11-15)39-25(30,31)38-19)23(36)14-4-2-5-16(10-14)35-18(13-37-17-6-3-9-32-12-17)21(26)22(33-35)24(27,28)29/h2-12H,13H2,1H3. The van der Waals surface area contributed by atoms with Crippen LogP contribution < -0.4 is 19.1 Å². The van der Waals surface area contributed by atoms with Crippen LogP contribution in [0.2, 0.25) is 5.02 Å². The minimum absolute atomic E-state index is 0.0669. The summed E-state index contributed by atoms with van der Waals surface area (Å²) in [5, 5.41) is 3.00. The average molecular weight is 567 g/mol. The van der Waals surface area contributed by atoms with Crippen molar-refractivity contribution in [1.82, 2.24) is 14.8 Å². The van der Waals surface area contributed by atoms with Crippen LogP contribution in [0.5, 0.6) is 17.2 Å². The van der Waals surface area contributed by atoms with Gasteiger partial charge in [0.15, 0.2) is 17.2 Å². The van der Waals surface area contributed by atoms with Gasteiger partial charge in [0.05, 0.1) is 16.9 Å². The summed E-state index contributed by atoms with van der Waals surface area (Å²) in [4.78, 5) is 18.3. The van der Waals surface area contributed by atoms with E-state index in [4.69, 9.17) is 16.3 Å². The van der Waals surface area contributed by atoms with Gasteiger partial charge >= 0.3 is 12.5 Å². The number of alkyl halides is 5. The second-order valence-corrected chi connectivity index (χ2v) is 8.59. The summed E-state index contributed by atoms with van der Waals surface area (Å²) in [6.07, 6.45) is -5.79. The van der Waals surface area contributed by atoms with Crippen LogP contribution in [0.4, 0.5) is 27.6 Å². The van der Waals surface area contributed by atoms with E-state index in [1.165, 1.54) is 61.9 Å². The number of amides is 1. The van der Waals surface area contributed by atoms with Gasteiger partial charge in [-0.05, 0) is 42.5 Å². The molecule has 0 saturated carbocycles. The zero-order valence-corrected chi connectivity index (χ0v) is 20.5. The Morgan fingerprint density at radius 2 is 1.87 bits per heavy atom. The van der Waals surface area contributed by atoms with Crippen molar-refractivity contribution in [3.8, 4) is 22.9 Å². The third-order valence-corrected chi connectivity index (χ3v) is 6.01. The molecule has 14 heteroatoms. The molecule has 202 valence electrons. The molecule has 2 aromatic heterocycles. The average Bonchev–Trinajstić information content (AvgIpc) is 3.41. The Labute approximate surface area is 222 Å². The van der Waals surface area contributed by atoms with Gasteiger partial charge in [0.2, 0.25) is 0 Å². The van der Waals surface area contributed by atoms with E-state index < -0.39 is 29.1 Å². The maximum atomic E-state index is 13.6. The molecule has 1 aliphatic heterocycles. The number of ether oxygens (including phenoxy) is 3. The van der Waals surface area contributed by atoms with Crippen molar-refractivity contribution in [3.05, 3.63) is 89.0 Å². The number of hydrogen-bond donors (Lipinski definition) is 0. The molecule has 4 aromatic rings. The van der Waals surface area contributed by atoms with Crippen LogP contribution in [0.25, 0.3) is 5.69 Å². The van der Waals surface area contributed by atoms with Gasteiger partial charge in [-0.3, -0.25) is 9.78 Å². The molecule has 0 bridgehead atoms. The molecule has 8 nitrogen and oxygen atoms in total. The van der Waals surface area contributed by atoms with Crippen LogP contribution >= 0.6 is 11.6 Å². The van der Waals surface area contributed by atoms with Crippen LogP contribution in [0, 0.1) is 0 Å². The van der Waals surface area contributed by atoms with Gasteiger partial charge in [-0.15, -0.1) is 8.78 Å². The van der Waals surface area contributed by atoms with Gasteiger partial charge in [0, 0.05) is 30.6 Å². The van der Waals surface area contributed by atoms with E-state index in [-0.39, 0.29) is 40.7 Å². The van der Waals surface area contributed by atoms with E-state index in [1.54, 1.807) is 12.1 Å². The summed E-state index contributed by atoms with van der Waals surface area (Å²) in [6, 6.07) is 12.6. The van der Waals surface area contributed by atoms with Crippen molar-refractivity contribution in [2.24, 2.45) is 0 Å². The third-order valence-electron chi connectivity index (χ3n) is 5.61.